The van der Waals surface area contributed by atoms with Gasteiger partial charge in [-0.05, 0) is 37.6 Å². The molecule has 1 amide bonds. The molecule has 5 heteroatoms. The Morgan fingerprint density at radius 1 is 1.24 bits per heavy atom. The van der Waals surface area contributed by atoms with Gasteiger partial charge in [0.1, 0.15) is 0 Å². The van der Waals surface area contributed by atoms with Gasteiger partial charge < -0.3 is 9.88 Å². The molecule has 1 atom stereocenters. The van der Waals surface area contributed by atoms with Crippen LogP contribution in [0.25, 0.3) is 11.0 Å². The second-order valence-electron chi connectivity index (χ2n) is 6.07. The largest absolute Gasteiger partial charge is 0.345 e. The zero-order valence-corrected chi connectivity index (χ0v) is 12.1. The summed E-state index contributed by atoms with van der Waals surface area (Å²) in [5, 5.41) is 0. The van der Waals surface area contributed by atoms with Gasteiger partial charge in [-0.25, -0.2) is 4.98 Å². The Labute approximate surface area is 123 Å². The number of piperidine rings is 1. The average Bonchev–Trinajstić information content (AvgIpc) is 3.01. The third-order valence-corrected chi connectivity index (χ3v) is 4.79. The molecule has 2 fully saturated rings. The Bertz CT molecular complexity index is 665. The molecule has 2 aliphatic rings. The van der Waals surface area contributed by atoms with E-state index in [2.05, 4.69) is 14.9 Å². The fourth-order valence-electron chi connectivity index (χ4n) is 3.59. The van der Waals surface area contributed by atoms with Gasteiger partial charge in [0.05, 0.1) is 17.4 Å². The first-order valence-corrected chi connectivity index (χ1v) is 7.78. The van der Waals surface area contributed by atoms with E-state index in [9.17, 15) is 4.79 Å². The molecule has 4 rings (SSSR count). The molecule has 1 aromatic carbocycles. The lowest BCUT2D eigenvalue weighted by molar-refractivity contribution is 0.0372. The van der Waals surface area contributed by atoms with Crippen molar-refractivity contribution < 1.29 is 4.79 Å². The summed E-state index contributed by atoms with van der Waals surface area (Å²) < 4.78 is 0. The van der Waals surface area contributed by atoms with Crippen molar-refractivity contribution in [3.05, 3.63) is 30.1 Å². The number of fused-ring (bicyclic) bond motifs is 2. The molecule has 2 aromatic rings. The molecule has 0 radical (unpaired) electrons. The summed E-state index contributed by atoms with van der Waals surface area (Å²) in [4.78, 5) is 24.5. The van der Waals surface area contributed by atoms with Crippen LogP contribution >= 0.6 is 0 Å². The molecule has 0 saturated carbocycles. The third kappa shape index (κ3) is 2.31. The standard InChI is InChI=1S/C16H20N4O/c21-16(12-4-5-14-15(9-12)18-11-17-14)20-8-7-19-6-2-1-3-13(19)10-20/h4-5,9,11,13H,1-3,6-8,10H2,(H,17,18). The monoisotopic (exact) mass is 284 g/mol. The Balaban J connectivity index is 1.53. The first-order chi connectivity index (χ1) is 10.3. The lowest BCUT2D eigenvalue weighted by Gasteiger charge is -2.44. The summed E-state index contributed by atoms with van der Waals surface area (Å²) in [5.74, 6) is 0.150. The van der Waals surface area contributed by atoms with Crippen molar-refractivity contribution in [2.24, 2.45) is 0 Å². The first kappa shape index (κ1) is 12.8. The number of hydrogen-bond acceptors (Lipinski definition) is 3. The van der Waals surface area contributed by atoms with Crippen LogP contribution in [-0.2, 0) is 0 Å². The number of aromatic nitrogens is 2. The lowest BCUT2D eigenvalue weighted by atomic mass is 9.99. The molecule has 110 valence electrons. The van der Waals surface area contributed by atoms with E-state index in [1.165, 1.54) is 25.8 Å². The summed E-state index contributed by atoms with van der Waals surface area (Å²) in [7, 11) is 0. The van der Waals surface area contributed by atoms with Crippen LogP contribution in [0.1, 0.15) is 29.6 Å². The molecule has 2 saturated heterocycles. The second-order valence-corrected chi connectivity index (χ2v) is 6.07. The molecule has 3 heterocycles. The summed E-state index contributed by atoms with van der Waals surface area (Å²) in [6, 6.07) is 6.28. The zero-order valence-electron chi connectivity index (χ0n) is 12.1. The highest BCUT2D eigenvalue weighted by molar-refractivity contribution is 5.97. The number of piperazine rings is 1. The molecule has 5 nitrogen and oxygen atoms in total. The number of rotatable bonds is 1. The maximum atomic E-state index is 12.7. The molecule has 0 spiro atoms. The first-order valence-electron chi connectivity index (χ1n) is 7.78. The van der Waals surface area contributed by atoms with E-state index in [4.69, 9.17) is 0 Å². The van der Waals surface area contributed by atoms with Crippen LogP contribution in [0.4, 0.5) is 0 Å². The van der Waals surface area contributed by atoms with Crippen LogP contribution in [-0.4, -0.2) is 57.9 Å². The molecule has 21 heavy (non-hydrogen) atoms. The van der Waals surface area contributed by atoms with Gasteiger partial charge in [-0.3, -0.25) is 9.69 Å². The number of H-pyrrole nitrogens is 1. The highest BCUT2D eigenvalue weighted by Gasteiger charge is 2.31. The number of aromatic amines is 1. The fraction of sp³-hybridized carbons (Fsp3) is 0.500. The van der Waals surface area contributed by atoms with Crippen molar-refractivity contribution in [1.29, 1.82) is 0 Å². The van der Waals surface area contributed by atoms with Crippen molar-refractivity contribution in [3.8, 4) is 0 Å². The minimum Gasteiger partial charge on any atom is -0.345 e. The molecular weight excluding hydrogens is 264 g/mol. The highest BCUT2D eigenvalue weighted by Crippen LogP contribution is 2.22. The molecular formula is C16H20N4O. The Kier molecular flexibility index (Phi) is 3.15. The van der Waals surface area contributed by atoms with Crippen molar-refractivity contribution >= 4 is 16.9 Å². The van der Waals surface area contributed by atoms with E-state index < -0.39 is 0 Å². The lowest BCUT2D eigenvalue weighted by Crippen LogP contribution is -2.56. The Morgan fingerprint density at radius 2 is 2.19 bits per heavy atom. The average molecular weight is 284 g/mol. The predicted molar refractivity (Wildman–Crippen MR) is 81.2 cm³/mol. The van der Waals surface area contributed by atoms with Crippen molar-refractivity contribution in [2.45, 2.75) is 25.3 Å². The van der Waals surface area contributed by atoms with Crippen LogP contribution in [0.2, 0.25) is 0 Å². The molecule has 0 aliphatic carbocycles. The number of carbonyl (C=O) groups is 1. The van der Waals surface area contributed by atoms with Crippen molar-refractivity contribution in [1.82, 2.24) is 19.8 Å². The Hall–Kier alpha value is -1.88. The van der Waals surface area contributed by atoms with E-state index >= 15 is 0 Å². The predicted octanol–water partition coefficient (Wildman–Crippen LogP) is 1.87. The quantitative estimate of drug-likeness (QED) is 0.870. The second kappa shape index (κ2) is 5.15. The molecule has 1 aromatic heterocycles. The van der Waals surface area contributed by atoms with Gasteiger partial charge in [0, 0.05) is 31.2 Å². The summed E-state index contributed by atoms with van der Waals surface area (Å²) in [6.07, 6.45) is 5.49. The van der Waals surface area contributed by atoms with Gasteiger partial charge in [0.25, 0.3) is 5.91 Å². The van der Waals surface area contributed by atoms with Gasteiger partial charge in [0.15, 0.2) is 0 Å². The third-order valence-electron chi connectivity index (χ3n) is 4.79. The molecule has 2 aliphatic heterocycles. The molecule has 1 unspecified atom stereocenters. The van der Waals surface area contributed by atoms with Crippen molar-refractivity contribution in [2.75, 3.05) is 26.2 Å². The number of nitrogens with zero attached hydrogens (tertiary/aromatic N) is 3. The van der Waals surface area contributed by atoms with Crippen molar-refractivity contribution in [3.63, 3.8) is 0 Å². The van der Waals surface area contributed by atoms with Crippen LogP contribution in [0.15, 0.2) is 24.5 Å². The smallest absolute Gasteiger partial charge is 0.254 e. The number of nitrogens with one attached hydrogen (secondary N) is 1. The SMILES string of the molecule is O=C(c1ccc2nc[nH]c2c1)N1CCN2CCCCC2C1. The highest BCUT2D eigenvalue weighted by atomic mass is 16.2. The van der Waals surface area contributed by atoms with E-state index in [0.717, 1.165) is 36.2 Å². The van der Waals surface area contributed by atoms with Crippen LogP contribution in [0, 0.1) is 0 Å². The van der Waals surface area contributed by atoms with E-state index in [-0.39, 0.29) is 5.91 Å². The molecule has 1 N–H and O–H groups in total. The fourth-order valence-corrected chi connectivity index (χ4v) is 3.59. The Morgan fingerprint density at radius 3 is 3.14 bits per heavy atom. The normalized spacial score (nSPS) is 23.2. The molecule has 0 bridgehead atoms. The van der Waals surface area contributed by atoms with Gasteiger partial charge in [-0.1, -0.05) is 6.42 Å². The maximum Gasteiger partial charge on any atom is 0.254 e. The summed E-state index contributed by atoms with van der Waals surface area (Å²) in [5.41, 5.74) is 2.59. The van der Waals surface area contributed by atoms with E-state index in [1.807, 2.05) is 23.1 Å². The van der Waals surface area contributed by atoms with Gasteiger partial charge in [-0.15, -0.1) is 0 Å². The minimum absolute atomic E-state index is 0.150. The number of benzene rings is 1. The van der Waals surface area contributed by atoms with Crippen LogP contribution < -0.4 is 0 Å². The summed E-state index contributed by atoms with van der Waals surface area (Å²) in [6.45, 7) is 3.94. The van der Waals surface area contributed by atoms with Crippen LogP contribution in [0.5, 0.6) is 0 Å². The maximum absolute atomic E-state index is 12.7. The summed E-state index contributed by atoms with van der Waals surface area (Å²) >= 11 is 0. The zero-order chi connectivity index (χ0) is 14.2. The minimum atomic E-state index is 0.150. The topological polar surface area (TPSA) is 52.2 Å². The number of amides is 1. The van der Waals surface area contributed by atoms with E-state index in [1.54, 1.807) is 6.33 Å². The number of carbonyl (C=O) groups excluding carboxylic acids is 1. The van der Waals surface area contributed by atoms with Crippen LogP contribution in [0.3, 0.4) is 0 Å². The van der Waals surface area contributed by atoms with Gasteiger partial charge in [-0.2, -0.15) is 0 Å². The number of imidazole rings is 1. The number of hydrogen-bond donors (Lipinski definition) is 1. The van der Waals surface area contributed by atoms with Gasteiger partial charge >= 0.3 is 0 Å². The van der Waals surface area contributed by atoms with Gasteiger partial charge in [0.2, 0.25) is 0 Å². The van der Waals surface area contributed by atoms with E-state index in [0.29, 0.717) is 6.04 Å².